The molecule has 0 spiro atoms. The Kier molecular flexibility index (Phi) is 3.84. The minimum atomic E-state index is -0.158. The molecule has 1 atom stereocenters. The molecule has 0 aliphatic rings. The Labute approximate surface area is 106 Å². The smallest absolute Gasteiger partial charge is 0.142 e. The predicted molar refractivity (Wildman–Crippen MR) is 71.5 cm³/mol. The lowest BCUT2D eigenvalue weighted by molar-refractivity contribution is 0.256. The molecular weight excluding hydrogens is 232 g/mol. The summed E-state index contributed by atoms with van der Waals surface area (Å²) in [5, 5.41) is 0.665. The molecule has 0 aliphatic heterocycles. The Balaban J connectivity index is 2.19. The topological polar surface area (TPSA) is 9.23 Å². The summed E-state index contributed by atoms with van der Waals surface area (Å²) in [7, 11) is 0. The number of hydrogen-bond donors (Lipinski definition) is 0. The molecule has 2 heteroatoms. The second-order valence-electron chi connectivity index (χ2n) is 3.64. The van der Waals surface area contributed by atoms with Crippen LogP contribution in [0.3, 0.4) is 0 Å². The van der Waals surface area contributed by atoms with E-state index < -0.39 is 0 Å². The lowest BCUT2D eigenvalue weighted by Crippen LogP contribution is -2.03. The summed E-state index contributed by atoms with van der Waals surface area (Å²) < 4.78 is 5.83. The number of hydrogen-bond acceptors (Lipinski definition) is 1. The molecule has 0 aromatic heterocycles. The Hall–Kier alpha value is -1.73. The number of ether oxygens (including phenoxy) is 1. The largest absolute Gasteiger partial charge is 0.482 e. The van der Waals surface area contributed by atoms with E-state index in [9.17, 15) is 0 Å². The van der Waals surface area contributed by atoms with E-state index in [1.54, 1.807) is 12.1 Å². The predicted octanol–water partition coefficient (Wildman–Crippen LogP) is 4.65. The Bertz CT molecular complexity index is 493. The lowest BCUT2D eigenvalue weighted by Gasteiger charge is -2.15. The quantitative estimate of drug-likeness (QED) is 0.712. The first kappa shape index (κ1) is 11.7. The van der Waals surface area contributed by atoms with Gasteiger partial charge < -0.3 is 4.74 Å². The maximum Gasteiger partial charge on any atom is 0.142 e. The van der Waals surface area contributed by atoms with Crippen molar-refractivity contribution in [3.63, 3.8) is 0 Å². The van der Waals surface area contributed by atoms with E-state index in [1.165, 1.54) is 0 Å². The third-order valence-electron chi connectivity index (χ3n) is 2.40. The van der Waals surface area contributed by atoms with Crippen LogP contribution in [0.4, 0.5) is 0 Å². The molecule has 0 aliphatic carbocycles. The molecule has 17 heavy (non-hydrogen) atoms. The average Bonchev–Trinajstić information content (AvgIpc) is 2.37. The first-order valence-corrected chi connectivity index (χ1v) is 5.77. The maximum atomic E-state index is 5.91. The molecule has 0 fully saturated rings. The molecule has 0 saturated carbocycles. The van der Waals surface area contributed by atoms with Crippen molar-refractivity contribution in [2.75, 3.05) is 0 Å². The molecule has 86 valence electrons. The minimum absolute atomic E-state index is 0.158. The van der Waals surface area contributed by atoms with Gasteiger partial charge in [0.15, 0.2) is 0 Å². The van der Waals surface area contributed by atoms with Crippen LogP contribution in [0, 0.1) is 0 Å². The zero-order valence-corrected chi connectivity index (χ0v) is 10.1. The fourth-order valence-electron chi connectivity index (χ4n) is 1.58. The molecule has 2 rings (SSSR count). The van der Waals surface area contributed by atoms with E-state index in [-0.39, 0.29) is 6.10 Å². The fraction of sp³-hybridized carbons (Fsp3) is 0.0667. The number of halogens is 1. The summed E-state index contributed by atoms with van der Waals surface area (Å²) in [4.78, 5) is 0. The Morgan fingerprint density at radius 2 is 1.82 bits per heavy atom. The second-order valence-corrected chi connectivity index (χ2v) is 4.08. The van der Waals surface area contributed by atoms with Crippen molar-refractivity contribution in [2.24, 2.45) is 0 Å². The van der Waals surface area contributed by atoms with Gasteiger partial charge in [-0.1, -0.05) is 54.6 Å². The molecule has 0 saturated heterocycles. The molecule has 0 bridgehead atoms. The fourth-order valence-corrected chi connectivity index (χ4v) is 1.76. The minimum Gasteiger partial charge on any atom is -0.482 e. The van der Waals surface area contributed by atoms with Crippen molar-refractivity contribution in [1.82, 2.24) is 0 Å². The zero-order valence-electron chi connectivity index (χ0n) is 9.34. The Morgan fingerprint density at radius 1 is 1.06 bits per heavy atom. The zero-order chi connectivity index (χ0) is 12.1. The summed E-state index contributed by atoms with van der Waals surface area (Å²) in [6.45, 7) is 3.80. The molecule has 2 aromatic carbocycles. The summed E-state index contributed by atoms with van der Waals surface area (Å²) in [5.41, 5.74) is 1.07. The molecular formula is C15H13ClO. The molecule has 0 heterocycles. The van der Waals surface area contributed by atoms with Crippen molar-refractivity contribution in [3.05, 3.63) is 77.8 Å². The molecule has 0 radical (unpaired) electrons. The maximum absolute atomic E-state index is 5.91. The monoisotopic (exact) mass is 244 g/mol. The highest BCUT2D eigenvalue weighted by Gasteiger charge is 2.08. The first-order valence-electron chi connectivity index (χ1n) is 5.39. The highest BCUT2D eigenvalue weighted by molar-refractivity contribution is 6.30. The lowest BCUT2D eigenvalue weighted by atomic mass is 10.1. The van der Waals surface area contributed by atoms with Crippen molar-refractivity contribution in [2.45, 2.75) is 6.10 Å². The van der Waals surface area contributed by atoms with Crippen molar-refractivity contribution >= 4 is 11.6 Å². The van der Waals surface area contributed by atoms with E-state index in [4.69, 9.17) is 16.3 Å². The summed E-state index contributed by atoms with van der Waals surface area (Å²) >= 11 is 5.91. The van der Waals surface area contributed by atoms with E-state index >= 15 is 0 Å². The van der Waals surface area contributed by atoms with Gasteiger partial charge >= 0.3 is 0 Å². The summed E-state index contributed by atoms with van der Waals surface area (Å²) in [6, 6.07) is 17.3. The molecule has 0 N–H and O–H groups in total. The SMILES string of the molecule is C=CC(Oc1cccc(Cl)c1)c1ccccc1. The van der Waals surface area contributed by atoms with Crippen LogP contribution in [0.1, 0.15) is 11.7 Å². The van der Waals surface area contributed by atoms with Gasteiger partial charge in [-0.2, -0.15) is 0 Å². The third-order valence-corrected chi connectivity index (χ3v) is 2.64. The van der Waals surface area contributed by atoms with Crippen molar-refractivity contribution in [1.29, 1.82) is 0 Å². The van der Waals surface area contributed by atoms with Gasteiger partial charge in [-0.05, 0) is 29.8 Å². The summed E-state index contributed by atoms with van der Waals surface area (Å²) in [5.74, 6) is 0.742. The molecule has 1 unspecified atom stereocenters. The Morgan fingerprint density at radius 3 is 2.47 bits per heavy atom. The van der Waals surface area contributed by atoms with E-state index in [0.717, 1.165) is 11.3 Å². The number of rotatable bonds is 4. The number of benzene rings is 2. The van der Waals surface area contributed by atoms with Crippen LogP contribution < -0.4 is 4.74 Å². The van der Waals surface area contributed by atoms with Gasteiger partial charge in [0.05, 0.1) is 0 Å². The van der Waals surface area contributed by atoms with Gasteiger partial charge in [0.1, 0.15) is 11.9 Å². The van der Waals surface area contributed by atoms with Crippen molar-refractivity contribution < 1.29 is 4.74 Å². The van der Waals surface area contributed by atoms with Crippen LogP contribution in [0.2, 0.25) is 5.02 Å². The van der Waals surface area contributed by atoms with Crippen molar-refractivity contribution in [3.8, 4) is 5.75 Å². The van der Waals surface area contributed by atoms with Crippen LogP contribution in [0.15, 0.2) is 67.3 Å². The van der Waals surface area contributed by atoms with Gasteiger partial charge in [-0.25, -0.2) is 0 Å². The van der Waals surface area contributed by atoms with Crippen LogP contribution in [0.25, 0.3) is 0 Å². The van der Waals surface area contributed by atoms with Crippen LogP contribution >= 0.6 is 11.6 Å². The van der Waals surface area contributed by atoms with Crippen LogP contribution in [0.5, 0.6) is 5.75 Å². The third kappa shape index (κ3) is 3.11. The van der Waals surface area contributed by atoms with Crippen LogP contribution in [-0.4, -0.2) is 0 Å². The standard InChI is InChI=1S/C15H13ClO/c1-2-15(12-7-4-3-5-8-12)17-14-10-6-9-13(16)11-14/h2-11,15H,1H2. The van der Waals surface area contributed by atoms with E-state index in [2.05, 4.69) is 6.58 Å². The van der Waals surface area contributed by atoms with Crippen LogP contribution in [-0.2, 0) is 0 Å². The van der Waals surface area contributed by atoms with Gasteiger partial charge in [-0.3, -0.25) is 0 Å². The highest BCUT2D eigenvalue weighted by Crippen LogP contribution is 2.24. The average molecular weight is 245 g/mol. The second kappa shape index (κ2) is 5.55. The van der Waals surface area contributed by atoms with Gasteiger partial charge in [0.25, 0.3) is 0 Å². The first-order chi connectivity index (χ1) is 8.29. The van der Waals surface area contributed by atoms with E-state index in [0.29, 0.717) is 5.02 Å². The normalized spacial score (nSPS) is 11.8. The molecule has 0 amide bonds. The molecule has 1 nitrogen and oxygen atoms in total. The van der Waals surface area contributed by atoms with Gasteiger partial charge in [0, 0.05) is 5.02 Å². The van der Waals surface area contributed by atoms with E-state index in [1.807, 2.05) is 48.5 Å². The summed E-state index contributed by atoms with van der Waals surface area (Å²) in [6.07, 6.45) is 1.62. The highest BCUT2D eigenvalue weighted by atomic mass is 35.5. The molecule has 2 aromatic rings. The van der Waals surface area contributed by atoms with Gasteiger partial charge in [-0.15, -0.1) is 0 Å². The van der Waals surface area contributed by atoms with Gasteiger partial charge in [0.2, 0.25) is 0 Å².